The first-order valence-corrected chi connectivity index (χ1v) is 8.60. The van der Waals surface area contributed by atoms with Gasteiger partial charge in [0, 0.05) is 6.54 Å². The third-order valence-electron chi connectivity index (χ3n) is 4.01. The normalized spacial score (nSPS) is 18.9. The molecule has 0 aliphatic heterocycles. The molecule has 1 aliphatic carbocycles. The maximum atomic E-state index is 12.4. The lowest BCUT2D eigenvalue weighted by molar-refractivity contribution is 0.00945. The lowest BCUT2D eigenvalue weighted by Gasteiger charge is -2.32. The van der Waals surface area contributed by atoms with E-state index in [1.165, 1.54) is 0 Å². The second-order valence-corrected chi connectivity index (χ2v) is 7.61. The molecule has 2 rings (SSSR count). The van der Waals surface area contributed by atoms with Crippen molar-refractivity contribution in [1.82, 2.24) is 4.72 Å². The molecule has 1 fully saturated rings. The Bertz CT molecular complexity index is 575. The monoisotopic (exact) mass is 297 g/mol. The van der Waals surface area contributed by atoms with Gasteiger partial charge in [0.25, 0.3) is 0 Å². The Labute approximate surface area is 121 Å². The molecule has 4 nitrogen and oxygen atoms in total. The maximum absolute atomic E-state index is 12.4. The molecule has 0 unspecified atom stereocenters. The predicted molar refractivity (Wildman–Crippen MR) is 79.1 cm³/mol. The molecule has 0 atom stereocenters. The number of nitrogens with one attached hydrogen (secondary N) is 1. The van der Waals surface area contributed by atoms with Crippen LogP contribution in [-0.4, -0.2) is 25.7 Å². The molecule has 0 aromatic heterocycles. The maximum Gasteiger partial charge on any atom is 0.240 e. The average molecular weight is 297 g/mol. The highest BCUT2D eigenvalue weighted by molar-refractivity contribution is 7.89. The van der Waals surface area contributed by atoms with E-state index in [2.05, 4.69) is 4.72 Å². The van der Waals surface area contributed by atoms with Crippen LogP contribution in [0.15, 0.2) is 23.1 Å². The molecular weight excluding hydrogens is 274 g/mol. The van der Waals surface area contributed by atoms with Crippen LogP contribution in [0, 0.1) is 13.8 Å². The van der Waals surface area contributed by atoms with Crippen molar-refractivity contribution >= 4 is 10.0 Å². The minimum absolute atomic E-state index is 0.0999. The zero-order valence-corrected chi connectivity index (χ0v) is 13.0. The number of hydrogen-bond donors (Lipinski definition) is 2. The Morgan fingerprint density at radius 2 is 1.85 bits per heavy atom. The van der Waals surface area contributed by atoms with Gasteiger partial charge in [-0.15, -0.1) is 0 Å². The number of aliphatic hydroxyl groups is 1. The standard InChI is InChI=1S/C15H23NO3S/c1-12-6-7-13(2)14(10-12)20(18,19)16-11-15(17)8-4-3-5-9-15/h6-7,10,16-17H,3-5,8-9,11H2,1-2H3. The van der Waals surface area contributed by atoms with E-state index in [4.69, 9.17) is 0 Å². The summed E-state index contributed by atoms with van der Waals surface area (Å²) < 4.78 is 27.3. The quantitative estimate of drug-likeness (QED) is 0.896. The molecule has 0 saturated heterocycles. The van der Waals surface area contributed by atoms with Crippen LogP contribution in [0.3, 0.4) is 0 Å². The van der Waals surface area contributed by atoms with Crippen LogP contribution in [-0.2, 0) is 10.0 Å². The van der Waals surface area contributed by atoms with Gasteiger partial charge in [-0.2, -0.15) is 0 Å². The van der Waals surface area contributed by atoms with Crippen LogP contribution < -0.4 is 4.72 Å². The Morgan fingerprint density at radius 3 is 2.50 bits per heavy atom. The zero-order chi connectivity index (χ0) is 14.8. The van der Waals surface area contributed by atoms with E-state index in [0.717, 1.165) is 30.4 Å². The van der Waals surface area contributed by atoms with Crippen LogP contribution in [0.5, 0.6) is 0 Å². The smallest absolute Gasteiger partial charge is 0.240 e. The molecule has 1 aliphatic rings. The Hall–Kier alpha value is -0.910. The van der Waals surface area contributed by atoms with Gasteiger partial charge >= 0.3 is 0 Å². The first kappa shape index (κ1) is 15.5. The minimum atomic E-state index is -3.56. The predicted octanol–water partition coefficient (Wildman–Crippen LogP) is 2.28. The fourth-order valence-corrected chi connectivity index (χ4v) is 4.14. The molecule has 0 heterocycles. The van der Waals surface area contributed by atoms with Gasteiger partial charge in [-0.05, 0) is 43.9 Å². The summed E-state index contributed by atoms with van der Waals surface area (Å²) in [7, 11) is -3.56. The van der Waals surface area contributed by atoms with E-state index >= 15 is 0 Å². The highest BCUT2D eigenvalue weighted by Gasteiger charge is 2.31. The second-order valence-electron chi connectivity index (χ2n) is 5.88. The summed E-state index contributed by atoms with van der Waals surface area (Å²) in [5, 5.41) is 10.4. The van der Waals surface area contributed by atoms with Crippen molar-refractivity contribution in [2.45, 2.75) is 56.4 Å². The fraction of sp³-hybridized carbons (Fsp3) is 0.600. The van der Waals surface area contributed by atoms with Gasteiger partial charge in [-0.25, -0.2) is 13.1 Å². The number of aryl methyl sites for hydroxylation is 2. The van der Waals surface area contributed by atoms with Gasteiger partial charge in [0.15, 0.2) is 0 Å². The van der Waals surface area contributed by atoms with Gasteiger partial charge < -0.3 is 5.11 Å². The Kier molecular flexibility index (Phi) is 4.52. The van der Waals surface area contributed by atoms with Crippen LogP contribution in [0.2, 0.25) is 0 Å². The van der Waals surface area contributed by atoms with E-state index in [1.54, 1.807) is 19.1 Å². The molecule has 0 radical (unpaired) electrons. The molecular formula is C15H23NO3S. The SMILES string of the molecule is Cc1ccc(C)c(S(=O)(=O)NCC2(O)CCCCC2)c1. The lowest BCUT2D eigenvalue weighted by Crippen LogP contribution is -2.44. The van der Waals surface area contributed by atoms with Crippen molar-refractivity contribution in [2.24, 2.45) is 0 Å². The van der Waals surface area contributed by atoms with Crippen molar-refractivity contribution < 1.29 is 13.5 Å². The van der Waals surface area contributed by atoms with Gasteiger partial charge in [0.05, 0.1) is 10.5 Å². The molecule has 0 amide bonds. The number of benzene rings is 1. The summed E-state index contributed by atoms with van der Waals surface area (Å²) in [6.45, 7) is 3.75. The summed E-state index contributed by atoms with van der Waals surface area (Å²) >= 11 is 0. The number of rotatable bonds is 4. The van der Waals surface area contributed by atoms with E-state index in [9.17, 15) is 13.5 Å². The molecule has 112 valence electrons. The van der Waals surface area contributed by atoms with Gasteiger partial charge in [0.1, 0.15) is 0 Å². The summed E-state index contributed by atoms with van der Waals surface area (Å²) in [5.74, 6) is 0. The van der Waals surface area contributed by atoms with Crippen molar-refractivity contribution in [3.63, 3.8) is 0 Å². The summed E-state index contributed by atoms with van der Waals surface area (Å²) in [4.78, 5) is 0.303. The third kappa shape index (κ3) is 3.59. The highest BCUT2D eigenvalue weighted by Crippen LogP contribution is 2.28. The van der Waals surface area contributed by atoms with Crippen LogP contribution in [0.4, 0.5) is 0 Å². The van der Waals surface area contributed by atoms with Crippen molar-refractivity contribution in [3.05, 3.63) is 29.3 Å². The van der Waals surface area contributed by atoms with Gasteiger partial charge in [0.2, 0.25) is 10.0 Å². The molecule has 0 bridgehead atoms. The molecule has 1 aromatic rings. The molecule has 1 aromatic carbocycles. The minimum Gasteiger partial charge on any atom is -0.389 e. The summed E-state index contributed by atoms with van der Waals surface area (Å²) in [6.07, 6.45) is 4.38. The van der Waals surface area contributed by atoms with Crippen molar-refractivity contribution in [1.29, 1.82) is 0 Å². The fourth-order valence-electron chi connectivity index (χ4n) is 2.69. The summed E-state index contributed by atoms with van der Waals surface area (Å²) in [6, 6.07) is 5.37. The topological polar surface area (TPSA) is 66.4 Å². The molecule has 2 N–H and O–H groups in total. The molecule has 5 heteroatoms. The van der Waals surface area contributed by atoms with Crippen molar-refractivity contribution in [2.75, 3.05) is 6.54 Å². The van der Waals surface area contributed by atoms with Crippen LogP contribution in [0.1, 0.15) is 43.2 Å². The zero-order valence-electron chi connectivity index (χ0n) is 12.1. The molecule has 20 heavy (non-hydrogen) atoms. The van der Waals surface area contributed by atoms with E-state index in [-0.39, 0.29) is 6.54 Å². The van der Waals surface area contributed by atoms with E-state index in [1.807, 2.05) is 13.0 Å². The highest BCUT2D eigenvalue weighted by atomic mass is 32.2. The summed E-state index contributed by atoms with van der Waals surface area (Å²) in [5.41, 5.74) is 0.745. The Balaban J connectivity index is 2.13. The van der Waals surface area contributed by atoms with Gasteiger partial charge in [-0.3, -0.25) is 0 Å². The lowest BCUT2D eigenvalue weighted by atomic mass is 9.85. The van der Waals surface area contributed by atoms with Gasteiger partial charge in [-0.1, -0.05) is 31.4 Å². The van der Waals surface area contributed by atoms with Crippen LogP contribution in [0.25, 0.3) is 0 Å². The average Bonchev–Trinajstić information content (AvgIpc) is 2.40. The van der Waals surface area contributed by atoms with E-state index in [0.29, 0.717) is 17.7 Å². The number of hydrogen-bond acceptors (Lipinski definition) is 3. The van der Waals surface area contributed by atoms with Crippen LogP contribution >= 0.6 is 0 Å². The molecule has 0 spiro atoms. The van der Waals surface area contributed by atoms with E-state index < -0.39 is 15.6 Å². The molecule has 1 saturated carbocycles. The van der Waals surface area contributed by atoms with Crippen molar-refractivity contribution in [3.8, 4) is 0 Å². The second kappa shape index (κ2) is 5.84. The number of sulfonamides is 1. The first-order valence-electron chi connectivity index (χ1n) is 7.12. The third-order valence-corrected chi connectivity index (χ3v) is 5.55. The first-order chi connectivity index (χ1) is 9.32. The largest absolute Gasteiger partial charge is 0.389 e. The Morgan fingerprint density at radius 1 is 1.20 bits per heavy atom.